The Balaban J connectivity index is 1.42. The molecule has 0 bridgehead atoms. The van der Waals surface area contributed by atoms with Gasteiger partial charge in [0.25, 0.3) is 5.89 Å². The number of alkyl halides is 3. The molecule has 176 valence electrons. The van der Waals surface area contributed by atoms with Crippen LogP contribution in [-0.4, -0.2) is 57.1 Å². The van der Waals surface area contributed by atoms with Crippen molar-refractivity contribution in [3.8, 4) is 11.6 Å². The van der Waals surface area contributed by atoms with Gasteiger partial charge in [-0.3, -0.25) is 9.78 Å². The Bertz CT molecular complexity index is 1540. The Morgan fingerprint density at radius 1 is 1.20 bits per heavy atom. The van der Waals surface area contributed by atoms with E-state index in [-0.39, 0.29) is 29.5 Å². The molecule has 1 amide bonds. The van der Waals surface area contributed by atoms with Crippen LogP contribution in [-0.2, 0) is 12.6 Å². The van der Waals surface area contributed by atoms with Gasteiger partial charge in [-0.15, -0.1) is 10.2 Å². The number of hydrogen-bond acceptors (Lipinski definition) is 8. The lowest BCUT2D eigenvalue weighted by Gasteiger charge is -2.32. The largest absolute Gasteiger partial charge is 0.418 e. The summed E-state index contributed by atoms with van der Waals surface area (Å²) in [4.78, 5) is 30.2. The summed E-state index contributed by atoms with van der Waals surface area (Å²) in [5.74, 6) is -0.896. The van der Waals surface area contributed by atoms with Crippen molar-refractivity contribution in [2.75, 3.05) is 6.54 Å². The second-order valence-electron chi connectivity index (χ2n) is 7.74. The third-order valence-corrected chi connectivity index (χ3v) is 5.68. The Hall–Kier alpha value is -4.62. The number of nitrogens with one attached hydrogen (secondary N) is 1. The minimum atomic E-state index is -4.57. The van der Waals surface area contributed by atoms with E-state index in [2.05, 4.69) is 35.2 Å². The molecule has 0 fully saturated rings. The first kappa shape index (κ1) is 20.9. The molecule has 35 heavy (non-hydrogen) atoms. The average molecular weight is 481 g/mol. The second kappa shape index (κ2) is 7.72. The highest BCUT2D eigenvalue weighted by atomic mass is 19.4. The summed E-state index contributed by atoms with van der Waals surface area (Å²) in [6.45, 7) is 0.224. The van der Waals surface area contributed by atoms with E-state index in [1.807, 2.05) is 0 Å². The number of fused-ring (bicyclic) bond motifs is 2. The lowest BCUT2D eigenvalue weighted by molar-refractivity contribution is -0.136. The van der Waals surface area contributed by atoms with E-state index in [0.29, 0.717) is 17.8 Å². The summed E-state index contributed by atoms with van der Waals surface area (Å²) in [7, 11) is 0. The lowest BCUT2D eigenvalue weighted by atomic mass is 9.99. The first-order valence-electron chi connectivity index (χ1n) is 10.4. The number of H-pyrrole nitrogens is 1. The molecule has 0 aromatic carbocycles. The van der Waals surface area contributed by atoms with Crippen molar-refractivity contribution in [2.24, 2.45) is 0 Å². The highest BCUT2D eigenvalue weighted by molar-refractivity contribution is 5.90. The van der Waals surface area contributed by atoms with Gasteiger partial charge in [-0.05, 0) is 18.2 Å². The molecular formula is C21H14F3N9O2. The fourth-order valence-electron chi connectivity index (χ4n) is 4.15. The van der Waals surface area contributed by atoms with Gasteiger partial charge in [0.05, 0.1) is 35.0 Å². The number of carbonyl (C=O) groups is 1. The summed E-state index contributed by atoms with van der Waals surface area (Å²) in [6, 6.07) is 2.70. The first-order valence-corrected chi connectivity index (χ1v) is 10.4. The van der Waals surface area contributed by atoms with Gasteiger partial charge in [-0.2, -0.15) is 18.3 Å². The number of pyridine rings is 1. The van der Waals surface area contributed by atoms with Crippen molar-refractivity contribution in [3.05, 3.63) is 77.8 Å². The molecule has 0 saturated carbocycles. The molecule has 1 aliphatic heterocycles. The summed E-state index contributed by atoms with van der Waals surface area (Å²) in [5, 5.41) is 12.1. The number of rotatable bonds is 3. The van der Waals surface area contributed by atoms with E-state index in [0.717, 1.165) is 16.3 Å². The summed E-state index contributed by atoms with van der Waals surface area (Å²) in [6.07, 6.45) is 3.10. The van der Waals surface area contributed by atoms with Crippen LogP contribution in [0.5, 0.6) is 0 Å². The van der Waals surface area contributed by atoms with Crippen LogP contribution in [0, 0.1) is 0 Å². The normalized spacial score (nSPS) is 16.0. The lowest BCUT2D eigenvalue weighted by Crippen LogP contribution is -2.41. The molecule has 1 aliphatic rings. The molecule has 0 spiro atoms. The fraction of sp³-hybridized carbons (Fsp3) is 0.190. The number of halogens is 3. The second-order valence-corrected chi connectivity index (χ2v) is 7.74. The van der Waals surface area contributed by atoms with E-state index in [1.165, 1.54) is 48.1 Å². The molecule has 6 heterocycles. The minimum absolute atomic E-state index is 0.0121. The molecule has 14 heteroatoms. The third kappa shape index (κ3) is 3.50. The fourth-order valence-corrected chi connectivity index (χ4v) is 4.15. The monoisotopic (exact) mass is 481 g/mol. The topological polar surface area (TPSA) is 131 Å². The predicted octanol–water partition coefficient (Wildman–Crippen LogP) is 2.70. The molecule has 0 aliphatic carbocycles. The van der Waals surface area contributed by atoms with Crippen molar-refractivity contribution in [1.29, 1.82) is 0 Å². The number of hydrogen-bond donors (Lipinski definition) is 1. The molecule has 6 rings (SSSR count). The van der Waals surface area contributed by atoms with Gasteiger partial charge in [0.1, 0.15) is 11.7 Å². The van der Waals surface area contributed by atoms with Crippen LogP contribution >= 0.6 is 0 Å². The Morgan fingerprint density at radius 2 is 2.09 bits per heavy atom. The maximum Gasteiger partial charge on any atom is 0.418 e. The van der Waals surface area contributed by atoms with Crippen LogP contribution in [0.4, 0.5) is 13.2 Å². The highest BCUT2D eigenvalue weighted by Gasteiger charge is 2.39. The van der Waals surface area contributed by atoms with Gasteiger partial charge >= 0.3 is 18.0 Å². The molecule has 0 radical (unpaired) electrons. The minimum Gasteiger partial charge on any atom is -0.411 e. The van der Waals surface area contributed by atoms with Crippen molar-refractivity contribution in [1.82, 2.24) is 44.6 Å². The van der Waals surface area contributed by atoms with Crippen LogP contribution in [0.2, 0.25) is 0 Å². The van der Waals surface area contributed by atoms with Crippen LogP contribution in [0.25, 0.3) is 17.1 Å². The van der Waals surface area contributed by atoms with Crippen molar-refractivity contribution < 1.29 is 22.4 Å². The van der Waals surface area contributed by atoms with Crippen LogP contribution < -0.4 is 0 Å². The SMILES string of the molecule is O=C(c1nnc(-c2cnccn2)o1)N1CCc2[nH]cnc2[C@H]1c1cc2c(C(F)(F)F)cccn2n1. The summed E-state index contributed by atoms with van der Waals surface area (Å²) >= 11 is 0. The van der Waals surface area contributed by atoms with Gasteiger partial charge < -0.3 is 14.3 Å². The number of aromatic amines is 1. The summed E-state index contributed by atoms with van der Waals surface area (Å²) in [5.41, 5.74) is 0.793. The molecule has 5 aromatic heterocycles. The summed E-state index contributed by atoms with van der Waals surface area (Å²) < 4.78 is 47.4. The zero-order valence-corrected chi connectivity index (χ0v) is 17.6. The third-order valence-electron chi connectivity index (χ3n) is 5.68. The number of aromatic nitrogens is 8. The predicted molar refractivity (Wildman–Crippen MR) is 111 cm³/mol. The van der Waals surface area contributed by atoms with Crippen LogP contribution in [0.3, 0.4) is 0 Å². The molecule has 0 unspecified atom stereocenters. The van der Waals surface area contributed by atoms with Gasteiger partial charge in [-0.1, -0.05) is 0 Å². The number of amides is 1. The van der Waals surface area contributed by atoms with Crippen molar-refractivity contribution in [3.63, 3.8) is 0 Å². The number of carbonyl (C=O) groups excluding carboxylic acids is 1. The van der Waals surface area contributed by atoms with E-state index in [9.17, 15) is 18.0 Å². The molecular weight excluding hydrogens is 467 g/mol. The zero-order valence-electron chi connectivity index (χ0n) is 17.6. The quantitative estimate of drug-likeness (QED) is 0.416. The molecule has 1 atom stereocenters. The van der Waals surface area contributed by atoms with Gasteiger partial charge in [0.15, 0.2) is 0 Å². The van der Waals surface area contributed by atoms with E-state index in [4.69, 9.17) is 4.42 Å². The van der Waals surface area contributed by atoms with Crippen LogP contribution in [0.1, 0.15) is 39.4 Å². The number of imidazole rings is 1. The Kier molecular flexibility index (Phi) is 4.62. The first-order chi connectivity index (χ1) is 16.9. The number of nitrogens with zero attached hydrogens (tertiary/aromatic N) is 8. The maximum atomic E-state index is 13.6. The van der Waals surface area contributed by atoms with E-state index >= 15 is 0 Å². The highest BCUT2D eigenvalue weighted by Crippen LogP contribution is 2.37. The van der Waals surface area contributed by atoms with Crippen molar-refractivity contribution >= 4 is 11.4 Å². The molecule has 11 nitrogen and oxygen atoms in total. The molecule has 0 saturated heterocycles. The van der Waals surface area contributed by atoms with Gasteiger partial charge in [0.2, 0.25) is 0 Å². The molecule has 1 N–H and O–H groups in total. The van der Waals surface area contributed by atoms with Crippen LogP contribution in [0.15, 0.2) is 53.7 Å². The van der Waals surface area contributed by atoms with Crippen molar-refractivity contribution in [2.45, 2.75) is 18.6 Å². The Labute approximate surface area is 193 Å². The Morgan fingerprint density at radius 3 is 2.89 bits per heavy atom. The smallest absolute Gasteiger partial charge is 0.411 e. The standard InChI is InChI=1S/C21H14F3N9O2/c22-21(23,24)11-2-1-6-33-15(11)8-13(31-33)17-16-12(27-10-28-16)3-7-32(17)20(34)19-30-29-18(35-19)14-9-25-4-5-26-14/h1-2,4-6,8-10,17H,3,7H2,(H,27,28)/t17-/m1/s1. The maximum absolute atomic E-state index is 13.6. The van der Waals surface area contributed by atoms with Gasteiger partial charge in [-0.25, -0.2) is 14.5 Å². The average Bonchev–Trinajstić information content (AvgIpc) is 3.61. The molecule has 5 aromatic rings. The van der Waals surface area contributed by atoms with E-state index in [1.54, 1.807) is 0 Å². The van der Waals surface area contributed by atoms with E-state index < -0.39 is 23.7 Å². The zero-order chi connectivity index (χ0) is 24.2. The van der Waals surface area contributed by atoms with Gasteiger partial charge in [0, 0.05) is 37.3 Å².